The number of amides is 1. The molecule has 25 heavy (non-hydrogen) atoms. The van der Waals surface area contributed by atoms with E-state index in [9.17, 15) is 14.7 Å². The molecule has 132 valence electrons. The SMILES string of the molecule is Cc1ccc(C2C(C(=O)CC(C)C)=C(O)C(=O)N2Cc2ccco2)o1. The number of aliphatic hydroxyl groups is 1. The van der Waals surface area contributed by atoms with E-state index in [1.54, 1.807) is 31.2 Å². The monoisotopic (exact) mass is 343 g/mol. The van der Waals surface area contributed by atoms with Gasteiger partial charge in [-0.05, 0) is 37.1 Å². The largest absolute Gasteiger partial charge is 0.503 e. The molecule has 1 N–H and O–H groups in total. The maximum absolute atomic E-state index is 12.7. The van der Waals surface area contributed by atoms with Crippen molar-refractivity contribution >= 4 is 11.7 Å². The van der Waals surface area contributed by atoms with Crippen LogP contribution in [-0.2, 0) is 16.1 Å². The lowest BCUT2D eigenvalue weighted by Gasteiger charge is -2.24. The second-order valence-corrected chi connectivity index (χ2v) is 6.65. The van der Waals surface area contributed by atoms with Crippen LogP contribution in [-0.4, -0.2) is 21.7 Å². The summed E-state index contributed by atoms with van der Waals surface area (Å²) in [6.07, 6.45) is 1.76. The molecule has 0 radical (unpaired) electrons. The van der Waals surface area contributed by atoms with Gasteiger partial charge in [0.25, 0.3) is 5.91 Å². The highest BCUT2D eigenvalue weighted by molar-refractivity contribution is 6.08. The average Bonchev–Trinajstić information content (AvgIpc) is 3.24. The number of furan rings is 2. The Balaban J connectivity index is 2.02. The van der Waals surface area contributed by atoms with E-state index in [4.69, 9.17) is 8.83 Å². The molecule has 1 amide bonds. The molecule has 0 saturated heterocycles. The molecule has 0 bridgehead atoms. The van der Waals surface area contributed by atoms with Crippen molar-refractivity contribution < 1.29 is 23.5 Å². The number of rotatable bonds is 6. The minimum absolute atomic E-state index is 0.0969. The fourth-order valence-corrected chi connectivity index (χ4v) is 3.05. The van der Waals surface area contributed by atoms with Crippen molar-refractivity contribution in [2.75, 3.05) is 0 Å². The van der Waals surface area contributed by atoms with E-state index in [1.807, 2.05) is 13.8 Å². The zero-order valence-corrected chi connectivity index (χ0v) is 14.5. The zero-order valence-electron chi connectivity index (χ0n) is 14.5. The van der Waals surface area contributed by atoms with Crippen LogP contribution in [0.4, 0.5) is 0 Å². The Bertz CT molecular complexity index is 813. The van der Waals surface area contributed by atoms with Crippen LogP contribution in [0.5, 0.6) is 0 Å². The predicted molar refractivity (Wildman–Crippen MR) is 89.6 cm³/mol. The molecule has 1 aliphatic heterocycles. The third kappa shape index (κ3) is 3.24. The highest BCUT2D eigenvalue weighted by Crippen LogP contribution is 2.40. The summed E-state index contributed by atoms with van der Waals surface area (Å²) < 4.78 is 11.0. The lowest BCUT2D eigenvalue weighted by atomic mass is 9.95. The first-order valence-corrected chi connectivity index (χ1v) is 8.24. The summed E-state index contributed by atoms with van der Waals surface area (Å²) in [5, 5.41) is 10.4. The fourth-order valence-electron chi connectivity index (χ4n) is 3.05. The maximum Gasteiger partial charge on any atom is 0.290 e. The fraction of sp³-hybridized carbons (Fsp3) is 0.368. The van der Waals surface area contributed by atoms with Crippen LogP contribution in [0.1, 0.15) is 43.6 Å². The molecule has 0 fully saturated rings. The highest BCUT2D eigenvalue weighted by atomic mass is 16.3. The molecular weight excluding hydrogens is 322 g/mol. The summed E-state index contributed by atoms with van der Waals surface area (Å²) in [5.74, 6) is 0.449. The van der Waals surface area contributed by atoms with E-state index in [2.05, 4.69) is 0 Å². The van der Waals surface area contributed by atoms with Crippen LogP contribution >= 0.6 is 0 Å². The van der Waals surface area contributed by atoms with Crippen LogP contribution in [0.3, 0.4) is 0 Å². The number of ketones is 1. The number of aliphatic hydroxyl groups excluding tert-OH is 1. The molecule has 1 atom stereocenters. The minimum Gasteiger partial charge on any atom is -0.503 e. The molecule has 0 spiro atoms. The predicted octanol–water partition coefficient (Wildman–Crippen LogP) is 3.69. The summed E-state index contributed by atoms with van der Waals surface area (Å²) in [4.78, 5) is 26.7. The van der Waals surface area contributed by atoms with Crippen molar-refractivity contribution in [3.63, 3.8) is 0 Å². The molecule has 0 saturated carbocycles. The van der Waals surface area contributed by atoms with Gasteiger partial charge in [0.05, 0.1) is 18.4 Å². The number of Topliss-reactive ketones (excluding diaryl/α,β-unsaturated/α-hetero) is 1. The smallest absolute Gasteiger partial charge is 0.290 e. The van der Waals surface area contributed by atoms with E-state index in [1.165, 1.54) is 11.2 Å². The van der Waals surface area contributed by atoms with E-state index in [0.717, 1.165) is 0 Å². The Labute approximate surface area is 145 Å². The first-order chi connectivity index (χ1) is 11.9. The van der Waals surface area contributed by atoms with Gasteiger partial charge in [-0.25, -0.2) is 0 Å². The third-order valence-electron chi connectivity index (χ3n) is 4.13. The highest BCUT2D eigenvalue weighted by Gasteiger charge is 2.45. The second-order valence-electron chi connectivity index (χ2n) is 6.65. The van der Waals surface area contributed by atoms with Gasteiger partial charge in [0.2, 0.25) is 0 Å². The molecule has 3 heterocycles. The lowest BCUT2D eigenvalue weighted by molar-refractivity contribution is -0.130. The topological polar surface area (TPSA) is 83.9 Å². The average molecular weight is 343 g/mol. The van der Waals surface area contributed by atoms with E-state index in [-0.39, 0.29) is 30.2 Å². The molecule has 1 aliphatic rings. The summed E-state index contributed by atoms with van der Waals surface area (Å²) in [7, 11) is 0. The molecule has 1 unspecified atom stereocenters. The van der Waals surface area contributed by atoms with Gasteiger partial charge < -0.3 is 18.8 Å². The Kier molecular flexibility index (Phi) is 4.53. The van der Waals surface area contributed by atoms with Crippen LogP contribution in [0, 0.1) is 12.8 Å². The zero-order chi connectivity index (χ0) is 18.1. The summed E-state index contributed by atoms with van der Waals surface area (Å²) in [6.45, 7) is 5.76. The summed E-state index contributed by atoms with van der Waals surface area (Å²) in [6, 6.07) is 6.20. The normalized spacial score (nSPS) is 17.8. The molecule has 6 heteroatoms. The van der Waals surface area contributed by atoms with Crippen molar-refractivity contribution in [3.8, 4) is 0 Å². The third-order valence-corrected chi connectivity index (χ3v) is 4.13. The number of nitrogens with zero attached hydrogens (tertiary/aromatic N) is 1. The molecule has 2 aromatic heterocycles. The molecule has 3 rings (SSSR count). The van der Waals surface area contributed by atoms with Gasteiger partial charge in [0.15, 0.2) is 11.5 Å². The van der Waals surface area contributed by atoms with Gasteiger partial charge in [0.1, 0.15) is 23.3 Å². The van der Waals surface area contributed by atoms with Gasteiger partial charge in [-0.3, -0.25) is 9.59 Å². The Morgan fingerprint density at radius 3 is 2.64 bits per heavy atom. The first-order valence-electron chi connectivity index (χ1n) is 8.24. The molecule has 0 aliphatic carbocycles. The summed E-state index contributed by atoms with van der Waals surface area (Å²) in [5.41, 5.74) is 0.0969. The standard InChI is InChI=1S/C19H21NO5/c1-11(2)9-14(21)16-17(15-7-6-12(3)25-15)20(19(23)18(16)22)10-13-5-4-8-24-13/h4-8,11,17,22H,9-10H2,1-3H3. The maximum atomic E-state index is 12.7. The van der Waals surface area contributed by atoms with E-state index >= 15 is 0 Å². The van der Waals surface area contributed by atoms with E-state index in [0.29, 0.717) is 17.3 Å². The van der Waals surface area contributed by atoms with Gasteiger partial charge in [-0.1, -0.05) is 13.8 Å². The van der Waals surface area contributed by atoms with E-state index < -0.39 is 17.7 Å². The lowest BCUT2D eigenvalue weighted by Crippen LogP contribution is -2.30. The van der Waals surface area contributed by atoms with Crippen LogP contribution < -0.4 is 0 Å². The van der Waals surface area contributed by atoms with Gasteiger partial charge in [-0.2, -0.15) is 0 Å². The van der Waals surface area contributed by atoms with Gasteiger partial charge in [-0.15, -0.1) is 0 Å². The molecule has 6 nitrogen and oxygen atoms in total. The van der Waals surface area contributed by atoms with Crippen molar-refractivity contribution in [3.05, 3.63) is 59.1 Å². The minimum atomic E-state index is -0.752. The molecular formula is C19H21NO5. The molecule has 0 aromatic carbocycles. The van der Waals surface area contributed by atoms with Gasteiger partial charge >= 0.3 is 0 Å². The van der Waals surface area contributed by atoms with Crippen molar-refractivity contribution in [2.45, 2.75) is 39.8 Å². The number of hydrogen-bond acceptors (Lipinski definition) is 5. The van der Waals surface area contributed by atoms with Crippen molar-refractivity contribution in [1.82, 2.24) is 4.90 Å². The number of carbonyl (C=O) groups is 2. The second kappa shape index (κ2) is 6.63. The summed E-state index contributed by atoms with van der Waals surface area (Å²) >= 11 is 0. The Morgan fingerprint density at radius 2 is 2.08 bits per heavy atom. The van der Waals surface area contributed by atoms with Crippen LogP contribution in [0.15, 0.2) is 50.7 Å². The van der Waals surface area contributed by atoms with Crippen molar-refractivity contribution in [1.29, 1.82) is 0 Å². The number of aryl methyl sites for hydroxylation is 1. The van der Waals surface area contributed by atoms with Crippen LogP contribution in [0.25, 0.3) is 0 Å². The quantitative estimate of drug-likeness (QED) is 0.865. The Hall–Kier alpha value is -2.76. The molecule has 2 aromatic rings. The van der Waals surface area contributed by atoms with Crippen LogP contribution in [0.2, 0.25) is 0 Å². The Morgan fingerprint density at radius 1 is 1.32 bits per heavy atom. The number of hydrogen-bond donors (Lipinski definition) is 1. The van der Waals surface area contributed by atoms with Crippen molar-refractivity contribution in [2.24, 2.45) is 5.92 Å². The first kappa shape index (κ1) is 17.1. The number of carbonyl (C=O) groups excluding carboxylic acids is 2. The van der Waals surface area contributed by atoms with Gasteiger partial charge in [0, 0.05) is 6.42 Å².